The number of hydrogen-bond donors (Lipinski definition) is 1. The second-order valence-corrected chi connectivity index (χ2v) is 7.18. The molecule has 1 heterocycles. The number of nitrogens with one attached hydrogen (secondary N) is 1. The number of carbonyl (C=O) groups is 2. The van der Waals surface area contributed by atoms with E-state index >= 15 is 0 Å². The van der Waals surface area contributed by atoms with Gasteiger partial charge in [-0.3, -0.25) is 4.79 Å². The van der Waals surface area contributed by atoms with Crippen molar-refractivity contribution in [3.05, 3.63) is 71.3 Å². The highest BCUT2D eigenvalue weighted by Crippen LogP contribution is 2.11. The maximum absolute atomic E-state index is 12.0. The number of morpholine rings is 1. The summed E-state index contributed by atoms with van der Waals surface area (Å²) in [5, 5.41) is 0. The predicted octanol–water partition coefficient (Wildman–Crippen LogP) is 3.29. The zero-order valence-electron chi connectivity index (χ0n) is 16.6. The molecule has 0 spiro atoms. The number of carbonyl (C=O) groups excluding carboxylic acids is 2. The summed E-state index contributed by atoms with van der Waals surface area (Å²) in [5.41, 5.74) is 5.76. The zero-order valence-corrected chi connectivity index (χ0v) is 16.6. The number of amides is 2. The third-order valence-corrected chi connectivity index (χ3v) is 4.93. The van der Waals surface area contributed by atoms with Crippen molar-refractivity contribution in [3.63, 3.8) is 0 Å². The van der Waals surface area contributed by atoms with Crippen LogP contribution in [0.25, 0.3) is 0 Å². The molecule has 2 aromatic carbocycles. The first kappa shape index (κ1) is 20.9. The number of rotatable bonds is 7. The van der Waals surface area contributed by atoms with Crippen LogP contribution in [0.15, 0.2) is 54.6 Å². The van der Waals surface area contributed by atoms with Crippen molar-refractivity contribution in [2.45, 2.75) is 32.1 Å². The molecule has 0 saturated carbocycles. The van der Waals surface area contributed by atoms with Crippen molar-refractivity contribution in [1.82, 2.24) is 10.4 Å². The van der Waals surface area contributed by atoms with Crippen LogP contribution in [0.4, 0.5) is 4.79 Å². The fourth-order valence-electron chi connectivity index (χ4n) is 3.26. The summed E-state index contributed by atoms with van der Waals surface area (Å²) in [5.74, 6) is -0.345. The third kappa shape index (κ3) is 7.23. The van der Waals surface area contributed by atoms with E-state index in [1.165, 1.54) is 16.0 Å². The Labute approximate surface area is 171 Å². The van der Waals surface area contributed by atoms with Crippen molar-refractivity contribution < 1.29 is 19.2 Å². The van der Waals surface area contributed by atoms with E-state index in [0.717, 1.165) is 31.2 Å². The first-order valence-corrected chi connectivity index (χ1v) is 10.1. The molecule has 1 fully saturated rings. The molecular formula is C23H28N2O4. The van der Waals surface area contributed by atoms with Gasteiger partial charge in [-0.2, -0.15) is 5.48 Å². The van der Waals surface area contributed by atoms with Crippen molar-refractivity contribution in [2.75, 3.05) is 26.3 Å². The lowest BCUT2D eigenvalue weighted by molar-refractivity contribution is -0.129. The molecule has 0 aromatic heterocycles. The van der Waals surface area contributed by atoms with Crippen LogP contribution < -0.4 is 5.48 Å². The van der Waals surface area contributed by atoms with Crippen LogP contribution in [0.3, 0.4) is 0 Å². The molecule has 0 unspecified atom stereocenters. The highest BCUT2D eigenvalue weighted by atomic mass is 16.7. The van der Waals surface area contributed by atoms with E-state index in [1.807, 2.05) is 18.2 Å². The van der Waals surface area contributed by atoms with Gasteiger partial charge >= 0.3 is 6.09 Å². The van der Waals surface area contributed by atoms with Gasteiger partial charge in [0.1, 0.15) is 0 Å². The summed E-state index contributed by atoms with van der Waals surface area (Å²) < 4.78 is 5.18. The monoisotopic (exact) mass is 396 g/mol. The molecule has 0 bridgehead atoms. The molecule has 3 rings (SSSR count). The number of nitrogens with zero attached hydrogens (tertiary/aromatic N) is 1. The number of hydrogen-bond acceptors (Lipinski definition) is 4. The van der Waals surface area contributed by atoms with Gasteiger partial charge in [0.05, 0.1) is 19.6 Å². The summed E-state index contributed by atoms with van der Waals surface area (Å²) in [6, 6.07) is 18.6. The fourth-order valence-corrected chi connectivity index (χ4v) is 3.26. The van der Waals surface area contributed by atoms with Gasteiger partial charge in [0.2, 0.25) is 0 Å². The van der Waals surface area contributed by atoms with Gasteiger partial charge in [-0.25, -0.2) is 4.79 Å². The summed E-state index contributed by atoms with van der Waals surface area (Å²) in [4.78, 5) is 30.2. The standard InChI is InChI=1S/C23H28N2O4/c26-22(24-29-23(27)25-14-16-28-17-15-25)18-21-12-10-20(11-13-21)9-5-4-8-19-6-2-1-3-7-19/h1-3,6-7,10-13H,4-5,8-9,14-18H2,(H,24,26). The molecule has 2 aromatic rings. The van der Waals surface area contributed by atoms with Crippen molar-refractivity contribution in [1.29, 1.82) is 0 Å². The molecule has 29 heavy (non-hydrogen) atoms. The average Bonchev–Trinajstić information content (AvgIpc) is 2.77. The van der Waals surface area contributed by atoms with Crippen molar-refractivity contribution in [2.24, 2.45) is 0 Å². The Morgan fingerprint density at radius 1 is 0.862 bits per heavy atom. The SMILES string of the molecule is O=C(Cc1ccc(CCCCc2ccccc2)cc1)NOC(=O)N1CCOCC1. The third-order valence-electron chi connectivity index (χ3n) is 4.93. The second-order valence-electron chi connectivity index (χ2n) is 7.18. The Morgan fingerprint density at radius 3 is 2.10 bits per heavy atom. The zero-order chi connectivity index (χ0) is 20.3. The van der Waals surface area contributed by atoms with Gasteiger partial charge in [-0.05, 0) is 42.4 Å². The molecule has 0 aliphatic carbocycles. The molecule has 1 aliphatic rings. The lowest BCUT2D eigenvalue weighted by atomic mass is 10.0. The molecule has 6 heteroatoms. The summed E-state index contributed by atoms with van der Waals surface area (Å²) in [6.45, 7) is 1.92. The van der Waals surface area contributed by atoms with Gasteiger partial charge in [0, 0.05) is 13.1 Å². The molecular weight excluding hydrogens is 368 g/mol. The molecule has 154 valence electrons. The Morgan fingerprint density at radius 2 is 1.45 bits per heavy atom. The van der Waals surface area contributed by atoms with Crippen LogP contribution in [-0.2, 0) is 33.6 Å². The highest BCUT2D eigenvalue weighted by molar-refractivity contribution is 5.79. The number of hydroxylamine groups is 1. The van der Waals surface area contributed by atoms with Crippen LogP contribution in [0, 0.1) is 0 Å². The normalized spacial score (nSPS) is 13.7. The van der Waals surface area contributed by atoms with Crippen molar-refractivity contribution in [3.8, 4) is 0 Å². The van der Waals surface area contributed by atoms with E-state index in [0.29, 0.717) is 26.3 Å². The van der Waals surface area contributed by atoms with E-state index in [2.05, 4.69) is 41.9 Å². The molecule has 1 N–H and O–H groups in total. The molecule has 1 saturated heterocycles. The van der Waals surface area contributed by atoms with Gasteiger partial charge in [0.15, 0.2) is 0 Å². The van der Waals surface area contributed by atoms with E-state index < -0.39 is 6.09 Å². The van der Waals surface area contributed by atoms with E-state index in [-0.39, 0.29) is 12.3 Å². The Kier molecular flexibility index (Phi) is 8.07. The predicted molar refractivity (Wildman–Crippen MR) is 110 cm³/mol. The van der Waals surface area contributed by atoms with E-state index in [4.69, 9.17) is 9.57 Å². The number of aryl methyl sites for hydroxylation is 2. The van der Waals surface area contributed by atoms with Crippen LogP contribution >= 0.6 is 0 Å². The van der Waals surface area contributed by atoms with Gasteiger partial charge in [-0.15, -0.1) is 0 Å². The highest BCUT2D eigenvalue weighted by Gasteiger charge is 2.19. The van der Waals surface area contributed by atoms with Crippen LogP contribution in [0.5, 0.6) is 0 Å². The molecule has 2 amide bonds. The lowest BCUT2D eigenvalue weighted by Gasteiger charge is -2.25. The van der Waals surface area contributed by atoms with Gasteiger partial charge in [0.25, 0.3) is 5.91 Å². The lowest BCUT2D eigenvalue weighted by Crippen LogP contribution is -2.43. The Balaban J connectivity index is 1.33. The van der Waals surface area contributed by atoms with Crippen LogP contribution in [0.1, 0.15) is 29.5 Å². The fraction of sp³-hybridized carbons (Fsp3) is 0.391. The topological polar surface area (TPSA) is 67.9 Å². The summed E-state index contributed by atoms with van der Waals surface area (Å²) in [6.07, 6.45) is 4.03. The smallest absolute Gasteiger partial charge is 0.378 e. The summed E-state index contributed by atoms with van der Waals surface area (Å²) in [7, 11) is 0. The molecule has 1 aliphatic heterocycles. The van der Waals surface area contributed by atoms with Gasteiger partial charge < -0.3 is 14.5 Å². The maximum atomic E-state index is 12.0. The first-order chi connectivity index (χ1) is 14.2. The minimum Gasteiger partial charge on any atom is -0.378 e. The molecule has 6 nitrogen and oxygen atoms in total. The van der Waals surface area contributed by atoms with Crippen LogP contribution in [-0.4, -0.2) is 43.2 Å². The number of ether oxygens (including phenoxy) is 1. The minimum absolute atomic E-state index is 0.171. The van der Waals surface area contributed by atoms with Crippen molar-refractivity contribution >= 4 is 12.0 Å². The number of benzene rings is 2. The molecule has 0 atom stereocenters. The maximum Gasteiger partial charge on any atom is 0.434 e. The first-order valence-electron chi connectivity index (χ1n) is 10.1. The van der Waals surface area contributed by atoms with E-state index in [9.17, 15) is 9.59 Å². The summed E-state index contributed by atoms with van der Waals surface area (Å²) >= 11 is 0. The van der Waals surface area contributed by atoms with Crippen LogP contribution in [0.2, 0.25) is 0 Å². The Bertz CT molecular complexity index is 771. The average molecular weight is 396 g/mol. The Hall–Kier alpha value is -2.86. The minimum atomic E-state index is -0.549. The largest absolute Gasteiger partial charge is 0.434 e. The quantitative estimate of drug-likeness (QED) is 0.576. The van der Waals surface area contributed by atoms with E-state index in [1.54, 1.807) is 0 Å². The molecule has 0 radical (unpaired) electrons. The number of unbranched alkanes of at least 4 members (excludes halogenated alkanes) is 1. The second kappa shape index (κ2) is 11.2. The van der Waals surface area contributed by atoms with Gasteiger partial charge in [-0.1, -0.05) is 54.6 Å².